The van der Waals surface area contributed by atoms with Crippen LogP contribution in [0, 0.1) is 14.9 Å². The van der Waals surface area contributed by atoms with E-state index < -0.39 is 0 Å². The summed E-state index contributed by atoms with van der Waals surface area (Å²) in [5.41, 5.74) is 1.95. The van der Waals surface area contributed by atoms with E-state index in [1.807, 2.05) is 18.2 Å². The van der Waals surface area contributed by atoms with Gasteiger partial charge in [0.05, 0.1) is 44.7 Å². The Hall–Kier alpha value is -2.71. The second kappa shape index (κ2) is 11.6. The molecule has 31 heavy (non-hydrogen) atoms. The highest BCUT2D eigenvalue weighted by Crippen LogP contribution is 2.38. The first-order valence-corrected chi connectivity index (χ1v) is 10.5. The molecule has 0 spiro atoms. The minimum atomic E-state index is 0.320. The van der Waals surface area contributed by atoms with Crippen molar-refractivity contribution in [2.45, 2.75) is 6.54 Å². The average molecular weight is 554 g/mol. The van der Waals surface area contributed by atoms with Gasteiger partial charge in [0.1, 0.15) is 11.1 Å². The summed E-state index contributed by atoms with van der Waals surface area (Å²) in [7, 11) is 7.81. The van der Waals surface area contributed by atoms with Crippen LogP contribution in [-0.2, 0) is 6.54 Å². The zero-order valence-corrected chi connectivity index (χ0v) is 20.8. The first-order valence-electron chi connectivity index (χ1n) is 9.02. The molecule has 0 fully saturated rings. The predicted octanol–water partition coefficient (Wildman–Crippen LogP) is 4.36. The van der Waals surface area contributed by atoms with Gasteiger partial charge in [-0.25, -0.2) is 0 Å². The van der Waals surface area contributed by atoms with Gasteiger partial charge in [0, 0.05) is 6.54 Å². The highest BCUT2D eigenvalue weighted by atomic mass is 127. The molecule has 0 heterocycles. The Morgan fingerprint density at radius 3 is 1.97 bits per heavy atom. The molecule has 2 aromatic rings. The maximum Gasteiger partial charge on any atom is 0.203 e. The van der Waals surface area contributed by atoms with E-state index in [1.54, 1.807) is 47.7 Å². The maximum absolute atomic E-state index is 9.62. The van der Waals surface area contributed by atoms with Crippen molar-refractivity contribution in [3.05, 3.63) is 44.5 Å². The Labute approximate surface area is 201 Å². The number of benzene rings is 2. The number of nitrogens with one attached hydrogen (secondary N) is 1. The number of halogens is 1. The van der Waals surface area contributed by atoms with Crippen molar-refractivity contribution in [3.63, 3.8) is 0 Å². The Bertz CT molecular complexity index is 1010. The molecule has 2 aromatic carbocycles. The van der Waals surface area contributed by atoms with Crippen molar-refractivity contribution in [1.29, 1.82) is 5.26 Å². The van der Waals surface area contributed by atoms with Gasteiger partial charge in [-0.15, -0.1) is 0 Å². The standard InChI is InChI=1S/C22H23IN2O5S/c1-26-17-8-13(7-16(23)20(17)29-4)6-15(11-24)22(31)25-12-14-9-18(27-2)21(30-5)19(10-14)28-3/h6-10H,12H2,1-5H3,(H,25,31)/b15-6+. The summed E-state index contributed by atoms with van der Waals surface area (Å²) in [6.45, 7) is 0.373. The van der Waals surface area contributed by atoms with Crippen molar-refractivity contribution in [2.75, 3.05) is 35.5 Å². The summed E-state index contributed by atoms with van der Waals surface area (Å²) < 4.78 is 27.7. The monoisotopic (exact) mass is 554 g/mol. The number of ether oxygens (including phenoxy) is 5. The van der Waals surface area contributed by atoms with E-state index in [0.29, 0.717) is 45.9 Å². The zero-order chi connectivity index (χ0) is 23.0. The smallest absolute Gasteiger partial charge is 0.203 e. The molecule has 0 atom stereocenters. The van der Waals surface area contributed by atoms with Crippen LogP contribution in [0.25, 0.3) is 6.08 Å². The largest absolute Gasteiger partial charge is 0.493 e. The molecule has 0 aliphatic heterocycles. The van der Waals surface area contributed by atoms with Crippen LogP contribution in [0.15, 0.2) is 29.8 Å². The number of hydrogen-bond acceptors (Lipinski definition) is 7. The number of thiocarbonyl (C=S) groups is 1. The van der Waals surface area contributed by atoms with Gasteiger partial charge in [0.15, 0.2) is 23.0 Å². The van der Waals surface area contributed by atoms with Crippen molar-refractivity contribution in [2.24, 2.45) is 0 Å². The molecule has 0 saturated carbocycles. The summed E-state index contributed by atoms with van der Waals surface area (Å²) in [5.74, 6) is 2.81. The number of nitriles is 1. The quantitative estimate of drug-likeness (QED) is 0.212. The van der Waals surface area contributed by atoms with E-state index in [0.717, 1.165) is 14.7 Å². The Balaban J connectivity index is 2.25. The summed E-state index contributed by atoms with van der Waals surface area (Å²) in [6, 6.07) is 9.48. The molecule has 0 aliphatic rings. The van der Waals surface area contributed by atoms with Crippen LogP contribution in [0.3, 0.4) is 0 Å². The van der Waals surface area contributed by atoms with Gasteiger partial charge in [-0.3, -0.25) is 0 Å². The fourth-order valence-corrected chi connectivity index (χ4v) is 3.87. The molecule has 7 nitrogen and oxygen atoms in total. The fourth-order valence-electron chi connectivity index (χ4n) is 2.85. The lowest BCUT2D eigenvalue weighted by atomic mass is 10.1. The molecule has 164 valence electrons. The number of rotatable bonds is 9. The van der Waals surface area contributed by atoms with Gasteiger partial charge < -0.3 is 29.0 Å². The van der Waals surface area contributed by atoms with Crippen molar-refractivity contribution < 1.29 is 23.7 Å². The second-order valence-electron chi connectivity index (χ2n) is 6.12. The minimum Gasteiger partial charge on any atom is -0.493 e. The molecule has 0 amide bonds. The van der Waals surface area contributed by atoms with Gasteiger partial charge >= 0.3 is 0 Å². The molecular formula is C22H23IN2O5S. The molecule has 0 radical (unpaired) electrons. The molecule has 0 unspecified atom stereocenters. The molecule has 9 heteroatoms. The lowest BCUT2D eigenvalue weighted by molar-refractivity contribution is 0.323. The SMILES string of the molecule is COc1cc(/C=C(\C#N)C(=S)NCc2cc(OC)c(OC)c(OC)c2)cc(I)c1OC. The van der Waals surface area contributed by atoms with Crippen LogP contribution < -0.4 is 29.0 Å². The third-order valence-electron chi connectivity index (χ3n) is 4.31. The lowest BCUT2D eigenvalue weighted by Gasteiger charge is -2.15. The topological polar surface area (TPSA) is 82.0 Å². The molecular weight excluding hydrogens is 531 g/mol. The zero-order valence-electron chi connectivity index (χ0n) is 17.9. The van der Waals surface area contributed by atoms with Crippen LogP contribution in [0.2, 0.25) is 0 Å². The van der Waals surface area contributed by atoms with Crippen LogP contribution >= 0.6 is 34.8 Å². The average Bonchev–Trinajstić information content (AvgIpc) is 2.79. The third kappa shape index (κ3) is 5.92. The van der Waals surface area contributed by atoms with E-state index in [1.165, 1.54) is 0 Å². The molecule has 1 N–H and O–H groups in total. The van der Waals surface area contributed by atoms with Gasteiger partial charge in [0.25, 0.3) is 0 Å². The van der Waals surface area contributed by atoms with E-state index in [2.05, 4.69) is 34.0 Å². The fraction of sp³-hybridized carbons (Fsp3) is 0.273. The summed E-state index contributed by atoms with van der Waals surface area (Å²) >= 11 is 7.59. The first-order chi connectivity index (χ1) is 14.9. The van der Waals surface area contributed by atoms with Crippen LogP contribution in [0.5, 0.6) is 28.7 Å². The molecule has 2 rings (SSSR count). The van der Waals surface area contributed by atoms with Gasteiger partial charge in [0.2, 0.25) is 5.75 Å². The normalized spacial score (nSPS) is 10.7. The van der Waals surface area contributed by atoms with Gasteiger partial charge in [-0.05, 0) is 64.1 Å². The van der Waals surface area contributed by atoms with Crippen LogP contribution in [0.1, 0.15) is 11.1 Å². The van der Waals surface area contributed by atoms with Crippen molar-refractivity contribution >= 4 is 45.9 Å². The molecule has 0 saturated heterocycles. The predicted molar refractivity (Wildman–Crippen MR) is 131 cm³/mol. The Kier molecular flexibility index (Phi) is 9.21. The number of nitrogens with zero attached hydrogens (tertiary/aromatic N) is 1. The summed E-state index contributed by atoms with van der Waals surface area (Å²) in [6.07, 6.45) is 1.70. The van der Waals surface area contributed by atoms with E-state index in [-0.39, 0.29) is 0 Å². The molecule has 0 aliphatic carbocycles. The first kappa shape index (κ1) is 24.6. The van der Waals surface area contributed by atoms with E-state index in [9.17, 15) is 5.26 Å². The van der Waals surface area contributed by atoms with E-state index in [4.69, 9.17) is 35.9 Å². The molecule has 0 aromatic heterocycles. The summed E-state index contributed by atoms with van der Waals surface area (Å²) in [5, 5.41) is 12.7. The van der Waals surface area contributed by atoms with Crippen molar-refractivity contribution in [1.82, 2.24) is 5.32 Å². The highest BCUT2D eigenvalue weighted by Gasteiger charge is 2.14. The number of methoxy groups -OCH3 is 5. The molecule has 0 bridgehead atoms. The minimum absolute atomic E-state index is 0.320. The van der Waals surface area contributed by atoms with Crippen molar-refractivity contribution in [3.8, 4) is 34.8 Å². The van der Waals surface area contributed by atoms with Gasteiger partial charge in [-0.2, -0.15) is 5.26 Å². The van der Waals surface area contributed by atoms with E-state index >= 15 is 0 Å². The van der Waals surface area contributed by atoms with Crippen LogP contribution in [-0.4, -0.2) is 40.5 Å². The van der Waals surface area contributed by atoms with Crippen LogP contribution in [0.4, 0.5) is 0 Å². The second-order valence-corrected chi connectivity index (χ2v) is 7.69. The Morgan fingerprint density at radius 2 is 1.48 bits per heavy atom. The third-order valence-corrected chi connectivity index (χ3v) is 5.48. The maximum atomic E-state index is 9.62. The lowest BCUT2D eigenvalue weighted by Crippen LogP contribution is -2.22. The highest BCUT2D eigenvalue weighted by molar-refractivity contribution is 14.1. The number of hydrogen-bond donors (Lipinski definition) is 1. The summed E-state index contributed by atoms with van der Waals surface area (Å²) in [4.78, 5) is 0.320. The Morgan fingerprint density at radius 1 is 0.935 bits per heavy atom. The van der Waals surface area contributed by atoms with Gasteiger partial charge in [-0.1, -0.05) is 12.2 Å².